The molecule has 0 aromatic heterocycles. The molecule has 0 aromatic rings. The van der Waals surface area contributed by atoms with Gasteiger partial charge in [0.1, 0.15) is 99.1 Å². The van der Waals surface area contributed by atoms with E-state index in [-0.39, 0.29) is 293 Å². The van der Waals surface area contributed by atoms with Crippen molar-refractivity contribution in [3.8, 4) is 0 Å². The summed E-state index contributed by atoms with van der Waals surface area (Å²) < 4.78 is 136. The first-order chi connectivity index (χ1) is 67.9. The molecule has 0 radical (unpaired) electrons. The largest absolute Gasteiger partial charge is 0.483 e. The maximum Gasteiger partial charge on any atom is 0.483 e. The van der Waals surface area contributed by atoms with Crippen LogP contribution in [-0.2, 0) is 234 Å². The predicted octanol–water partition coefficient (Wildman–Crippen LogP) is 1.79. The van der Waals surface area contributed by atoms with Gasteiger partial charge in [0.2, 0.25) is 0 Å². The van der Waals surface area contributed by atoms with Gasteiger partial charge in [-0.25, -0.2) is 0 Å². The van der Waals surface area contributed by atoms with Gasteiger partial charge in [-0.1, -0.05) is 34.6 Å². The summed E-state index contributed by atoms with van der Waals surface area (Å²) in [5.41, 5.74) is 0. The van der Waals surface area contributed by atoms with E-state index in [2.05, 4.69) is 47.4 Å². The molecule has 1 rings (SSSR count). The summed E-state index contributed by atoms with van der Waals surface area (Å²) in [5.74, 6) is -20.3. The zero-order valence-corrected chi connectivity index (χ0v) is 86.7. The van der Waals surface area contributed by atoms with Crippen molar-refractivity contribution in [1.82, 2.24) is 0 Å². The van der Waals surface area contributed by atoms with Crippen molar-refractivity contribution < 1.29 is 285 Å². The summed E-state index contributed by atoms with van der Waals surface area (Å²) in [5, 5.41) is 82.9. The highest BCUT2D eigenvalue weighted by Crippen LogP contribution is 2.34. The Bertz CT molecular complexity index is 3290. The van der Waals surface area contributed by atoms with E-state index in [4.69, 9.17) is 117 Å². The molecule has 1 saturated heterocycles. The monoisotopic (exact) mass is 2190 g/mol. The summed E-state index contributed by atoms with van der Waals surface area (Å²) in [6, 6.07) is 0. The molecule has 0 unspecified atom stereocenters. The van der Waals surface area contributed by atoms with E-state index in [1.165, 1.54) is 32.7 Å². The quantitative estimate of drug-likeness (QED) is 0.0180. The zero-order valence-electron chi connectivity index (χ0n) is 81.7. The molecular weight excluding hydrogens is 2060 g/mol. The lowest BCUT2D eigenvalue weighted by molar-refractivity contribution is -0.154. The maximum absolute atomic E-state index is 11.9. The van der Waals surface area contributed by atoms with Gasteiger partial charge in [0.25, 0.3) is 0 Å². The van der Waals surface area contributed by atoms with Gasteiger partial charge in [-0.05, 0) is 0 Å². The molecule has 10 N–H and O–H groups in total. The first kappa shape index (κ1) is 141. The molecule has 0 spiro atoms. The molecular formula is C80H130O60Si5. The van der Waals surface area contributed by atoms with Gasteiger partial charge in [0.05, 0.1) is 161 Å². The fourth-order valence-corrected chi connectivity index (χ4v) is 29.7. The molecule has 0 atom stereocenters. The Labute approximate surface area is 834 Å². The summed E-state index contributed by atoms with van der Waals surface area (Å²) >= 11 is 0. The first-order valence-electron chi connectivity index (χ1n) is 44.1. The van der Waals surface area contributed by atoms with Gasteiger partial charge >= 0.3 is 193 Å². The van der Waals surface area contributed by atoms with Crippen LogP contribution < -0.4 is 0 Å². The van der Waals surface area contributed by atoms with Crippen molar-refractivity contribution >= 4 is 193 Å². The molecule has 0 saturated carbocycles. The van der Waals surface area contributed by atoms with Crippen LogP contribution in [0.4, 0.5) is 0 Å². The number of rotatable bonds is 70. The van der Waals surface area contributed by atoms with Gasteiger partial charge in [-0.2, -0.15) is 0 Å². The second-order valence-corrected chi connectivity index (χ2v) is 42.2. The van der Waals surface area contributed by atoms with Crippen molar-refractivity contribution in [2.75, 3.05) is 132 Å². The lowest BCUT2D eigenvalue weighted by atomic mass is 10.3. The normalized spacial score (nSPS) is 16.2. The van der Waals surface area contributed by atoms with Crippen LogP contribution in [0, 0.1) is 0 Å². The Morgan fingerprint density at radius 1 is 0.145 bits per heavy atom. The summed E-state index contributed by atoms with van der Waals surface area (Å²) in [6.07, 6.45) is -4.97. The number of ether oxygens (including phenoxy) is 15. The molecule has 0 aromatic carbocycles. The van der Waals surface area contributed by atoms with Crippen molar-refractivity contribution in [3.63, 3.8) is 0 Å². The van der Waals surface area contributed by atoms with E-state index < -0.39 is 193 Å². The number of carboxylic acid groups (broad SMARTS) is 10. The molecule has 0 bridgehead atoms. The Morgan fingerprint density at radius 3 is 0.310 bits per heavy atom. The second kappa shape index (κ2) is 84.7. The van der Waals surface area contributed by atoms with Crippen LogP contribution in [0.25, 0.3) is 0 Å². The van der Waals surface area contributed by atoms with Crippen LogP contribution >= 0.6 is 0 Å². The highest BCUT2D eigenvalue weighted by Gasteiger charge is 2.63. The molecule has 1 heterocycles. The minimum atomic E-state index is -4.09. The fraction of sp³-hybridized carbons (Fsp3) is 0.688. The first-order valence-corrected chi connectivity index (χ1v) is 55.2. The topological polar surface area (TPSA) is 860 Å². The summed E-state index contributed by atoms with van der Waals surface area (Å²) in [6.45, 7) is 12.5. The molecule has 1 aliphatic rings. The van der Waals surface area contributed by atoms with E-state index in [1.54, 1.807) is 34.6 Å². The van der Waals surface area contributed by atoms with Crippen LogP contribution in [0.1, 0.15) is 195 Å². The van der Waals surface area contributed by atoms with Crippen molar-refractivity contribution in [1.29, 1.82) is 0 Å². The Kier molecular flexibility index (Phi) is 82.3. The summed E-state index contributed by atoms with van der Waals surface area (Å²) in [4.78, 5) is 270. The number of esters is 15. The van der Waals surface area contributed by atoms with Crippen LogP contribution in [-0.4, -0.2) is 376 Å². The SMILES string of the molecule is CCC(=O)OCCO[Si]1(C)O[Si](C)(OCCOC(=O)CC)O[Si](C)(OCCOC(=O)CC)O[Si](C)(OCCOC(=O)CC)O[Si](C)(OCCOC(=O)CC)O1.O=C(O)CCC(=O)OCCOC(=O)CCC(=O)O.O=C(O)CCC(=O)OCCOC(=O)CCC(=O)O.O=C(O)CCC(=O)OCCOC(=O)CCC(=O)O.O=C(O)CCC(=O)OCCOC(=O)CCC(=O)O.O=C(O)CCC(=O)OCCOC(=O)CCC(=O)O. The van der Waals surface area contributed by atoms with Crippen LogP contribution in [0.2, 0.25) is 32.7 Å². The van der Waals surface area contributed by atoms with E-state index in [0.29, 0.717) is 0 Å². The molecule has 1 aliphatic heterocycles. The average Bonchev–Trinajstić information content (AvgIpc) is 0.764. The van der Waals surface area contributed by atoms with Crippen molar-refractivity contribution in [3.05, 3.63) is 0 Å². The van der Waals surface area contributed by atoms with E-state index in [9.17, 15) is 120 Å². The number of carbonyl (C=O) groups excluding carboxylic acids is 15. The fourth-order valence-electron chi connectivity index (χ4n) is 8.87. The molecule has 0 amide bonds. The number of aliphatic carboxylic acids is 10. The predicted molar refractivity (Wildman–Crippen MR) is 478 cm³/mol. The third-order valence-corrected chi connectivity index (χ3v) is 33.8. The van der Waals surface area contributed by atoms with E-state index in [1.807, 2.05) is 0 Å². The smallest absolute Gasteiger partial charge is 0.481 e. The molecule has 0 aliphatic carbocycles. The average molecular weight is 2190 g/mol. The number of carboxylic acids is 10. The number of hydrogen-bond donors (Lipinski definition) is 10. The third kappa shape index (κ3) is 94.8. The van der Waals surface area contributed by atoms with Crippen LogP contribution in [0.5, 0.6) is 0 Å². The molecule has 145 heavy (non-hydrogen) atoms. The van der Waals surface area contributed by atoms with Gasteiger partial charge in [-0.15, -0.1) is 0 Å². The third-order valence-electron chi connectivity index (χ3n) is 15.3. The summed E-state index contributed by atoms with van der Waals surface area (Å²) in [7, 11) is -20.4. The van der Waals surface area contributed by atoms with Crippen molar-refractivity contribution in [2.24, 2.45) is 0 Å². The standard InChI is InChI=1S/C30H60O20Si5.5C10H14O8/c1-11-26(31)36-16-21-41-51(6)46-52(7,42-22-17-37-27(32)12-2)48-54(9,44-24-19-39-29(34)14-4)50-55(10,45-25-20-40-30(35)15-5)49-53(8,47-51)43-23-18-38-28(33)13-3;5*11-7(12)1-3-9(15)17-5-6-18-10(16)4-2-8(13)14/h11-25H2,1-10H3;5*1-6H2,(H,11,12)(H,13,14). The van der Waals surface area contributed by atoms with Gasteiger partial charge < -0.3 is 165 Å². The van der Waals surface area contributed by atoms with Gasteiger partial charge in [0.15, 0.2) is 0 Å². The van der Waals surface area contributed by atoms with E-state index in [0.717, 1.165) is 0 Å². The van der Waals surface area contributed by atoms with Crippen LogP contribution in [0.3, 0.4) is 0 Å². The zero-order chi connectivity index (χ0) is 111. The Hall–Kier alpha value is -12.6. The van der Waals surface area contributed by atoms with Crippen molar-refractivity contribution in [2.45, 2.75) is 228 Å². The van der Waals surface area contributed by atoms with Crippen LogP contribution in [0.15, 0.2) is 0 Å². The minimum absolute atomic E-state index is 0.147. The molecule has 830 valence electrons. The molecule has 65 heteroatoms. The Morgan fingerprint density at radius 2 is 0.228 bits per heavy atom. The second-order valence-electron chi connectivity index (χ2n) is 28.1. The molecule has 1 fully saturated rings. The lowest BCUT2D eigenvalue weighted by Gasteiger charge is -2.46. The highest BCUT2D eigenvalue weighted by atomic mass is 28.6. The van der Waals surface area contributed by atoms with Gasteiger partial charge in [-0.3, -0.25) is 120 Å². The lowest BCUT2D eigenvalue weighted by Crippen LogP contribution is -2.70. The molecule has 60 nitrogen and oxygen atoms in total. The Balaban J connectivity index is -0.000000598. The number of carbonyl (C=O) groups is 25. The minimum Gasteiger partial charge on any atom is -0.481 e. The number of hydrogen-bond acceptors (Lipinski definition) is 50. The maximum atomic E-state index is 11.9. The van der Waals surface area contributed by atoms with E-state index >= 15 is 0 Å². The highest BCUT2D eigenvalue weighted by molar-refractivity contribution is 6.88. The van der Waals surface area contributed by atoms with Gasteiger partial charge in [0, 0.05) is 64.8 Å².